The van der Waals surface area contributed by atoms with Gasteiger partial charge in [0, 0.05) is 6.54 Å². The fourth-order valence-electron chi connectivity index (χ4n) is 2.50. The number of hydrogen-bond donors (Lipinski definition) is 1. The number of nitrogens with zero attached hydrogens (tertiary/aromatic N) is 3. The van der Waals surface area contributed by atoms with Crippen molar-refractivity contribution in [2.75, 3.05) is 18.5 Å². The molecule has 0 radical (unpaired) electrons. The van der Waals surface area contributed by atoms with Gasteiger partial charge >= 0.3 is 5.69 Å². The summed E-state index contributed by atoms with van der Waals surface area (Å²) in [5.41, 5.74) is 2.14. The van der Waals surface area contributed by atoms with Crippen molar-refractivity contribution in [3.05, 3.63) is 81.5 Å². The lowest BCUT2D eigenvalue weighted by Gasteiger charge is -2.11. The zero-order valence-corrected chi connectivity index (χ0v) is 15.1. The third-order valence-electron chi connectivity index (χ3n) is 3.77. The largest absolute Gasteiger partial charge is 0.375 e. The van der Waals surface area contributed by atoms with Gasteiger partial charge in [0.05, 0.1) is 23.9 Å². The van der Waals surface area contributed by atoms with Crippen LogP contribution in [-0.2, 0) is 11.3 Å². The minimum absolute atomic E-state index is 0.263. The van der Waals surface area contributed by atoms with Crippen LogP contribution >= 0.6 is 11.6 Å². The molecule has 0 unspecified atom stereocenters. The minimum Gasteiger partial charge on any atom is -0.375 e. The normalized spacial score (nSPS) is 10.7. The standard InChI is InChI=1S/C19H19ClN4O2/c1-14-6-5-9-16(20)17(14)24-13-22-18(23-19(24)25)21-10-11-26-12-15-7-3-2-4-8-15/h2-9,13H,10-12H2,1H3,(H,21,23,25). The second-order valence-electron chi connectivity index (χ2n) is 5.70. The molecule has 0 spiro atoms. The molecular weight excluding hydrogens is 352 g/mol. The Labute approximate surface area is 156 Å². The van der Waals surface area contributed by atoms with E-state index >= 15 is 0 Å². The minimum atomic E-state index is -0.441. The molecule has 1 aromatic heterocycles. The monoisotopic (exact) mass is 370 g/mol. The van der Waals surface area contributed by atoms with Gasteiger partial charge in [0.25, 0.3) is 0 Å². The van der Waals surface area contributed by atoms with Crippen LogP contribution < -0.4 is 11.0 Å². The number of aromatic nitrogens is 3. The fourth-order valence-corrected chi connectivity index (χ4v) is 2.81. The Morgan fingerprint density at radius 2 is 1.96 bits per heavy atom. The molecule has 3 aromatic rings. The summed E-state index contributed by atoms with van der Waals surface area (Å²) in [6.45, 7) is 3.40. The number of halogens is 1. The SMILES string of the molecule is Cc1cccc(Cl)c1-n1cnc(NCCOCc2ccccc2)nc1=O. The smallest absolute Gasteiger partial charge is 0.356 e. The predicted molar refractivity (Wildman–Crippen MR) is 102 cm³/mol. The number of ether oxygens (including phenoxy) is 1. The van der Waals surface area contributed by atoms with E-state index < -0.39 is 5.69 Å². The molecule has 0 aliphatic rings. The first kappa shape index (κ1) is 18.1. The Hall–Kier alpha value is -2.70. The summed E-state index contributed by atoms with van der Waals surface area (Å²) in [4.78, 5) is 20.4. The maximum Gasteiger partial charge on any atom is 0.356 e. The molecule has 0 aliphatic carbocycles. The van der Waals surface area contributed by atoms with Gasteiger partial charge in [-0.05, 0) is 24.1 Å². The topological polar surface area (TPSA) is 69.0 Å². The van der Waals surface area contributed by atoms with Crippen molar-refractivity contribution in [3.63, 3.8) is 0 Å². The van der Waals surface area contributed by atoms with E-state index in [-0.39, 0.29) is 5.95 Å². The molecule has 0 fully saturated rings. The van der Waals surface area contributed by atoms with E-state index in [1.54, 1.807) is 6.07 Å². The third-order valence-corrected chi connectivity index (χ3v) is 4.08. The van der Waals surface area contributed by atoms with Crippen molar-refractivity contribution in [1.82, 2.24) is 14.5 Å². The Kier molecular flexibility index (Phi) is 5.99. The summed E-state index contributed by atoms with van der Waals surface area (Å²) in [5.74, 6) is 0.263. The predicted octanol–water partition coefficient (Wildman–Crippen LogP) is 3.22. The van der Waals surface area contributed by atoms with Crippen LogP contribution in [0, 0.1) is 6.92 Å². The molecule has 134 valence electrons. The number of para-hydroxylation sites is 1. The highest BCUT2D eigenvalue weighted by molar-refractivity contribution is 6.32. The molecule has 3 rings (SSSR count). The van der Waals surface area contributed by atoms with Crippen molar-refractivity contribution in [3.8, 4) is 5.69 Å². The van der Waals surface area contributed by atoms with Crippen LogP contribution in [0.5, 0.6) is 0 Å². The van der Waals surface area contributed by atoms with E-state index in [4.69, 9.17) is 16.3 Å². The average molecular weight is 371 g/mol. The summed E-state index contributed by atoms with van der Waals surface area (Å²) < 4.78 is 6.92. The number of benzene rings is 2. The van der Waals surface area contributed by atoms with Crippen LogP contribution in [0.25, 0.3) is 5.69 Å². The molecule has 0 aliphatic heterocycles. The number of hydrogen-bond acceptors (Lipinski definition) is 5. The van der Waals surface area contributed by atoms with E-state index in [2.05, 4.69) is 15.3 Å². The molecule has 0 atom stereocenters. The highest BCUT2D eigenvalue weighted by Gasteiger charge is 2.10. The highest BCUT2D eigenvalue weighted by atomic mass is 35.5. The average Bonchev–Trinajstić information content (AvgIpc) is 2.64. The lowest BCUT2D eigenvalue weighted by molar-refractivity contribution is 0.130. The van der Waals surface area contributed by atoms with E-state index in [1.807, 2.05) is 49.4 Å². The molecule has 0 saturated heterocycles. The summed E-state index contributed by atoms with van der Waals surface area (Å²) in [5, 5.41) is 3.46. The summed E-state index contributed by atoms with van der Waals surface area (Å²) >= 11 is 6.20. The molecule has 6 nitrogen and oxygen atoms in total. The van der Waals surface area contributed by atoms with Gasteiger partial charge in [-0.15, -0.1) is 0 Å². The first-order valence-electron chi connectivity index (χ1n) is 8.22. The first-order chi connectivity index (χ1) is 12.6. The summed E-state index contributed by atoms with van der Waals surface area (Å²) in [7, 11) is 0. The first-order valence-corrected chi connectivity index (χ1v) is 8.59. The Bertz CT molecular complexity index is 908. The molecule has 26 heavy (non-hydrogen) atoms. The van der Waals surface area contributed by atoms with Gasteiger partial charge in [0.15, 0.2) is 0 Å². The number of aryl methyl sites for hydroxylation is 1. The van der Waals surface area contributed by atoms with Crippen molar-refractivity contribution >= 4 is 17.5 Å². The number of nitrogens with one attached hydrogen (secondary N) is 1. The Balaban J connectivity index is 1.57. The van der Waals surface area contributed by atoms with Crippen LogP contribution in [0.4, 0.5) is 5.95 Å². The highest BCUT2D eigenvalue weighted by Crippen LogP contribution is 2.22. The lowest BCUT2D eigenvalue weighted by Crippen LogP contribution is -2.25. The van der Waals surface area contributed by atoms with Crippen molar-refractivity contribution in [2.45, 2.75) is 13.5 Å². The Morgan fingerprint density at radius 1 is 1.15 bits per heavy atom. The van der Waals surface area contributed by atoms with Crippen LogP contribution in [0.3, 0.4) is 0 Å². The van der Waals surface area contributed by atoms with Crippen LogP contribution in [0.2, 0.25) is 5.02 Å². The molecule has 0 saturated carbocycles. The molecule has 0 bridgehead atoms. The fraction of sp³-hybridized carbons (Fsp3) is 0.211. The molecular formula is C19H19ClN4O2. The molecule has 2 aromatic carbocycles. The van der Waals surface area contributed by atoms with Crippen molar-refractivity contribution in [2.24, 2.45) is 0 Å². The molecule has 1 N–H and O–H groups in total. The van der Waals surface area contributed by atoms with Gasteiger partial charge in [-0.2, -0.15) is 4.98 Å². The van der Waals surface area contributed by atoms with Crippen LogP contribution in [0.1, 0.15) is 11.1 Å². The molecule has 7 heteroatoms. The van der Waals surface area contributed by atoms with Gasteiger partial charge in [0.2, 0.25) is 5.95 Å². The lowest BCUT2D eigenvalue weighted by atomic mass is 10.2. The second-order valence-corrected chi connectivity index (χ2v) is 6.11. The van der Waals surface area contributed by atoms with Gasteiger partial charge in [0.1, 0.15) is 6.33 Å². The van der Waals surface area contributed by atoms with Gasteiger partial charge < -0.3 is 10.1 Å². The maximum atomic E-state index is 12.3. The quantitative estimate of drug-likeness (QED) is 0.647. The Morgan fingerprint density at radius 3 is 2.69 bits per heavy atom. The molecule has 1 heterocycles. The van der Waals surface area contributed by atoms with Gasteiger partial charge in [-0.1, -0.05) is 54.1 Å². The van der Waals surface area contributed by atoms with E-state index in [1.165, 1.54) is 10.9 Å². The van der Waals surface area contributed by atoms with E-state index in [0.717, 1.165) is 11.1 Å². The third kappa shape index (κ3) is 4.47. The zero-order chi connectivity index (χ0) is 18.4. The summed E-state index contributed by atoms with van der Waals surface area (Å²) in [6, 6.07) is 15.4. The van der Waals surface area contributed by atoms with Crippen molar-refractivity contribution in [1.29, 1.82) is 0 Å². The van der Waals surface area contributed by atoms with E-state index in [9.17, 15) is 4.79 Å². The molecule has 0 amide bonds. The zero-order valence-electron chi connectivity index (χ0n) is 14.4. The van der Waals surface area contributed by atoms with Crippen LogP contribution in [0.15, 0.2) is 59.7 Å². The van der Waals surface area contributed by atoms with Crippen LogP contribution in [-0.4, -0.2) is 27.7 Å². The number of rotatable bonds is 7. The van der Waals surface area contributed by atoms with Crippen molar-refractivity contribution < 1.29 is 4.74 Å². The second kappa shape index (κ2) is 8.60. The van der Waals surface area contributed by atoms with Gasteiger partial charge in [-0.3, -0.25) is 0 Å². The maximum absolute atomic E-state index is 12.3. The number of anilines is 1. The van der Waals surface area contributed by atoms with Gasteiger partial charge in [-0.25, -0.2) is 14.3 Å². The summed E-state index contributed by atoms with van der Waals surface area (Å²) in [6.07, 6.45) is 1.43. The van der Waals surface area contributed by atoms with E-state index in [0.29, 0.717) is 30.5 Å².